The summed E-state index contributed by atoms with van der Waals surface area (Å²) in [5.74, 6) is 0. The van der Waals surface area contributed by atoms with E-state index in [2.05, 4.69) is 6.58 Å². The molecule has 2 radical (unpaired) electrons. The summed E-state index contributed by atoms with van der Waals surface area (Å²) in [4.78, 5) is 0. The van der Waals surface area contributed by atoms with Crippen LogP contribution < -0.4 is 0 Å². The van der Waals surface area contributed by atoms with Crippen molar-refractivity contribution in [1.82, 2.24) is 0 Å². The summed E-state index contributed by atoms with van der Waals surface area (Å²) in [7, 11) is 0.599. The third kappa shape index (κ3) is 9.88. The van der Waals surface area contributed by atoms with E-state index in [9.17, 15) is 0 Å². The second-order valence-electron chi connectivity index (χ2n) is 2.02. The maximum absolute atomic E-state index is 5.29. The van der Waals surface area contributed by atoms with Gasteiger partial charge in [0.25, 0.3) is 0 Å². The molecule has 0 spiro atoms. The summed E-state index contributed by atoms with van der Waals surface area (Å²) in [6.07, 6.45) is 2.96. The Morgan fingerprint density at radius 2 is 2.27 bits per heavy atom. The van der Waals surface area contributed by atoms with Gasteiger partial charge in [0, 0.05) is 6.61 Å². The largest absolute Gasteiger partial charge is 0.415 e. The van der Waals surface area contributed by atoms with E-state index in [0.717, 1.165) is 32.3 Å². The van der Waals surface area contributed by atoms with E-state index in [-0.39, 0.29) is 0 Å². The summed E-state index contributed by atoms with van der Waals surface area (Å²) < 4.78 is 10.4. The van der Waals surface area contributed by atoms with Crippen molar-refractivity contribution < 1.29 is 9.16 Å². The zero-order valence-electron chi connectivity index (χ0n) is 7.14. The molecule has 0 saturated carbocycles. The Morgan fingerprint density at radius 1 is 1.45 bits per heavy atom. The number of hydrogen-bond acceptors (Lipinski definition) is 2. The molecular weight excluding hydrogens is 156 g/mol. The van der Waals surface area contributed by atoms with Crippen LogP contribution in [0.3, 0.4) is 0 Å². The quantitative estimate of drug-likeness (QED) is 0.315. The zero-order valence-corrected chi connectivity index (χ0v) is 8.14. The number of rotatable bonds is 8. The van der Waals surface area contributed by atoms with Crippen LogP contribution in [-0.2, 0) is 9.16 Å². The molecule has 0 aromatic rings. The Balaban J connectivity index is 2.74. The summed E-state index contributed by atoms with van der Waals surface area (Å²) >= 11 is 0. The van der Waals surface area contributed by atoms with Crippen LogP contribution >= 0.6 is 0 Å². The first-order chi connectivity index (χ1) is 5.41. The third-order valence-corrected chi connectivity index (χ3v) is 1.99. The highest BCUT2D eigenvalue weighted by Gasteiger charge is 1.89. The van der Waals surface area contributed by atoms with Crippen molar-refractivity contribution in [2.45, 2.75) is 19.4 Å². The SMILES string of the molecule is C=CCC[Si]OCCOCC. The van der Waals surface area contributed by atoms with E-state index in [1.807, 2.05) is 13.0 Å². The Hall–Kier alpha value is -0.123. The van der Waals surface area contributed by atoms with E-state index >= 15 is 0 Å². The van der Waals surface area contributed by atoms with Gasteiger partial charge in [0.05, 0.1) is 13.2 Å². The summed E-state index contributed by atoms with van der Waals surface area (Å²) in [6, 6.07) is 1.09. The molecule has 0 aromatic heterocycles. The molecule has 0 fully saturated rings. The maximum atomic E-state index is 5.29. The number of allylic oxidation sites excluding steroid dienone is 1. The molecule has 0 atom stereocenters. The number of hydrogen-bond donors (Lipinski definition) is 0. The Morgan fingerprint density at radius 3 is 2.91 bits per heavy atom. The highest BCUT2D eigenvalue weighted by molar-refractivity contribution is 6.27. The van der Waals surface area contributed by atoms with Gasteiger partial charge in [-0.15, -0.1) is 6.58 Å². The van der Waals surface area contributed by atoms with E-state index in [4.69, 9.17) is 9.16 Å². The zero-order chi connectivity index (χ0) is 8.36. The molecule has 0 aliphatic carbocycles. The van der Waals surface area contributed by atoms with Crippen LogP contribution in [0.5, 0.6) is 0 Å². The summed E-state index contributed by atoms with van der Waals surface area (Å²) in [5.41, 5.74) is 0. The van der Waals surface area contributed by atoms with Gasteiger partial charge in [0.15, 0.2) is 0 Å². The standard InChI is InChI=1S/C8H16O2Si/c1-3-5-8-11-10-7-6-9-4-2/h3H,1,4-8H2,2H3. The van der Waals surface area contributed by atoms with E-state index in [0.29, 0.717) is 9.76 Å². The van der Waals surface area contributed by atoms with Gasteiger partial charge in [-0.25, -0.2) is 0 Å². The minimum Gasteiger partial charge on any atom is -0.415 e. The molecule has 11 heavy (non-hydrogen) atoms. The molecule has 0 heterocycles. The lowest BCUT2D eigenvalue weighted by atomic mass is 10.5. The molecule has 0 unspecified atom stereocenters. The van der Waals surface area contributed by atoms with Crippen molar-refractivity contribution in [3.05, 3.63) is 12.7 Å². The van der Waals surface area contributed by atoms with Gasteiger partial charge in [-0.05, 0) is 19.4 Å². The van der Waals surface area contributed by atoms with Crippen molar-refractivity contribution in [3.63, 3.8) is 0 Å². The van der Waals surface area contributed by atoms with Crippen LogP contribution in [0.15, 0.2) is 12.7 Å². The van der Waals surface area contributed by atoms with E-state index in [1.165, 1.54) is 0 Å². The maximum Gasteiger partial charge on any atom is 0.230 e. The van der Waals surface area contributed by atoms with E-state index in [1.54, 1.807) is 0 Å². The second-order valence-corrected chi connectivity index (χ2v) is 3.09. The highest BCUT2D eigenvalue weighted by Crippen LogP contribution is 1.89. The van der Waals surface area contributed by atoms with Gasteiger partial charge in [-0.3, -0.25) is 0 Å². The van der Waals surface area contributed by atoms with Crippen LogP contribution in [0.1, 0.15) is 13.3 Å². The molecule has 64 valence electrons. The molecule has 0 aliphatic heterocycles. The normalized spacial score (nSPS) is 9.91. The predicted octanol–water partition coefficient (Wildman–Crippen LogP) is 1.65. The van der Waals surface area contributed by atoms with Gasteiger partial charge in [0.1, 0.15) is 0 Å². The first-order valence-corrected chi connectivity index (χ1v) is 5.06. The average Bonchev–Trinajstić information content (AvgIpc) is 2.03. The smallest absolute Gasteiger partial charge is 0.230 e. The molecule has 0 bridgehead atoms. The first kappa shape index (κ1) is 10.9. The fourth-order valence-corrected chi connectivity index (χ4v) is 1.24. The molecule has 0 amide bonds. The van der Waals surface area contributed by atoms with Crippen LogP contribution in [0.25, 0.3) is 0 Å². The molecule has 0 N–H and O–H groups in total. The van der Waals surface area contributed by atoms with Crippen molar-refractivity contribution in [1.29, 1.82) is 0 Å². The first-order valence-electron chi connectivity index (χ1n) is 3.95. The van der Waals surface area contributed by atoms with Crippen molar-refractivity contribution >= 4 is 9.76 Å². The van der Waals surface area contributed by atoms with Crippen molar-refractivity contribution in [3.8, 4) is 0 Å². The Labute approximate surface area is 71.5 Å². The predicted molar refractivity (Wildman–Crippen MR) is 47.8 cm³/mol. The minimum absolute atomic E-state index is 0.599. The van der Waals surface area contributed by atoms with E-state index < -0.39 is 0 Å². The lowest BCUT2D eigenvalue weighted by Gasteiger charge is -2.01. The molecule has 0 aliphatic rings. The van der Waals surface area contributed by atoms with Gasteiger partial charge in [-0.2, -0.15) is 0 Å². The van der Waals surface area contributed by atoms with Gasteiger partial charge < -0.3 is 9.16 Å². The minimum atomic E-state index is 0.599. The molecular formula is C8H16O2Si. The average molecular weight is 172 g/mol. The monoisotopic (exact) mass is 172 g/mol. The lowest BCUT2D eigenvalue weighted by Crippen LogP contribution is -2.06. The molecule has 2 nitrogen and oxygen atoms in total. The van der Waals surface area contributed by atoms with Crippen LogP contribution in [0, 0.1) is 0 Å². The number of ether oxygens (including phenoxy) is 1. The molecule has 0 saturated heterocycles. The summed E-state index contributed by atoms with van der Waals surface area (Å²) in [5, 5.41) is 0. The third-order valence-electron chi connectivity index (χ3n) is 1.09. The van der Waals surface area contributed by atoms with Crippen LogP contribution in [0.2, 0.25) is 6.04 Å². The van der Waals surface area contributed by atoms with Gasteiger partial charge >= 0.3 is 0 Å². The molecule has 3 heteroatoms. The van der Waals surface area contributed by atoms with Gasteiger partial charge in [-0.1, -0.05) is 6.08 Å². The fourth-order valence-electron chi connectivity index (χ4n) is 0.550. The molecule has 0 rings (SSSR count). The van der Waals surface area contributed by atoms with Gasteiger partial charge in [0.2, 0.25) is 9.76 Å². The second kappa shape index (κ2) is 9.88. The van der Waals surface area contributed by atoms with Crippen molar-refractivity contribution in [2.24, 2.45) is 0 Å². The van der Waals surface area contributed by atoms with Crippen molar-refractivity contribution in [2.75, 3.05) is 19.8 Å². The van der Waals surface area contributed by atoms with Crippen LogP contribution in [-0.4, -0.2) is 29.6 Å². The topological polar surface area (TPSA) is 18.5 Å². The summed E-state index contributed by atoms with van der Waals surface area (Å²) in [6.45, 7) is 7.84. The molecule has 0 aromatic carbocycles. The highest BCUT2D eigenvalue weighted by atomic mass is 28.2. The Bertz CT molecular complexity index is 86.2. The Kier molecular flexibility index (Phi) is 9.77. The van der Waals surface area contributed by atoms with Crippen LogP contribution in [0.4, 0.5) is 0 Å². The fraction of sp³-hybridized carbons (Fsp3) is 0.750. The lowest BCUT2D eigenvalue weighted by molar-refractivity contribution is 0.112.